The number of aromatic nitrogens is 4. The smallest absolute Gasteiger partial charge is 0.124 e. The zero-order valence-corrected chi connectivity index (χ0v) is 42.4. The first kappa shape index (κ1) is 43.8. The lowest BCUT2D eigenvalue weighted by Gasteiger charge is -2.31. The van der Waals surface area contributed by atoms with Crippen molar-refractivity contribution in [3.63, 3.8) is 0 Å². The fourth-order valence-electron chi connectivity index (χ4n) is 12.5. The molecule has 6 nitrogen and oxygen atoms in total. The summed E-state index contributed by atoms with van der Waals surface area (Å²) in [4.78, 5) is 5.02. The molecule has 366 valence electrons. The van der Waals surface area contributed by atoms with Gasteiger partial charge in [-0.15, -0.1) is 0 Å². The highest BCUT2D eigenvalue weighted by Gasteiger charge is 2.30. The van der Waals surface area contributed by atoms with Gasteiger partial charge in [0, 0.05) is 55.1 Å². The quantitative estimate of drug-likeness (QED) is 0.128. The molecule has 4 heterocycles. The van der Waals surface area contributed by atoms with Crippen LogP contribution in [-0.2, 0) is 0 Å². The maximum absolute atomic E-state index is 2.51. The molecule has 16 aromatic rings. The molecule has 0 fully saturated rings. The summed E-state index contributed by atoms with van der Waals surface area (Å²) >= 11 is 0. The number of hydrogen-bond donors (Lipinski definition) is 0. The summed E-state index contributed by atoms with van der Waals surface area (Å²) in [5.74, 6) is 4.14. The third-order valence-corrected chi connectivity index (χ3v) is 15.8. The standard InChI is InChI=1S/C72H48N6/c1-5-25-55(26-6-1)73-61-33-17-13-21-51(61)45-67(73)77(68-46-52-22-14-18-34-62(52)74(68)56-27-7-2-8-28-56)65-43-39-49-38-42-60-66(44-40-50-37-41-59(65)71(49)72(50)60)78(69-47-53-23-15-19-35-63(53)75(69)57-29-9-3-10-30-57)70-48-54-24-16-20-36-64(54)76(70)58-31-11-4-12-32-58/h1-48H. The molecule has 0 amide bonds. The van der Waals surface area contributed by atoms with E-state index in [1.54, 1.807) is 0 Å². The van der Waals surface area contributed by atoms with Crippen LogP contribution in [-0.4, -0.2) is 18.3 Å². The number of para-hydroxylation sites is 8. The Labute approximate surface area is 450 Å². The predicted molar refractivity (Wildman–Crippen MR) is 327 cm³/mol. The van der Waals surface area contributed by atoms with Gasteiger partial charge in [-0.05, 0) is 131 Å². The Morgan fingerprint density at radius 1 is 0.205 bits per heavy atom. The molecular formula is C72H48N6. The molecule has 0 atom stereocenters. The highest BCUT2D eigenvalue weighted by atomic mass is 15.3. The van der Waals surface area contributed by atoms with Gasteiger partial charge in [-0.25, -0.2) is 0 Å². The largest absolute Gasteiger partial charge is 0.295 e. The normalized spacial score (nSPS) is 11.8. The molecule has 0 radical (unpaired) electrons. The molecule has 0 N–H and O–H groups in total. The molecule has 0 aliphatic heterocycles. The summed E-state index contributed by atoms with van der Waals surface area (Å²) in [5.41, 5.74) is 11.0. The van der Waals surface area contributed by atoms with Crippen molar-refractivity contribution in [2.45, 2.75) is 0 Å². The van der Waals surface area contributed by atoms with Crippen LogP contribution in [0.25, 0.3) is 98.7 Å². The van der Waals surface area contributed by atoms with Crippen molar-refractivity contribution in [2.24, 2.45) is 0 Å². The minimum atomic E-state index is 1.03. The van der Waals surface area contributed by atoms with Gasteiger partial charge in [-0.3, -0.25) is 28.1 Å². The molecule has 0 spiro atoms. The molecule has 6 heteroatoms. The van der Waals surface area contributed by atoms with Gasteiger partial charge in [0.05, 0.1) is 33.4 Å². The van der Waals surface area contributed by atoms with Crippen LogP contribution in [0, 0.1) is 0 Å². The fourth-order valence-corrected chi connectivity index (χ4v) is 12.5. The van der Waals surface area contributed by atoms with Crippen molar-refractivity contribution in [1.82, 2.24) is 18.3 Å². The Hall–Kier alpha value is -10.6. The van der Waals surface area contributed by atoms with Crippen LogP contribution in [0.5, 0.6) is 0 Å². The lowest BCUT2D eigenvalue weighted by atomic mass is 9.92. The van der Waals surface area contributed by atoms with Crippen LogP contribution in [0.15, 0.2) is 291 Å². The Morgan fingerprint density at radius 3 is 0.731 bits per heavy atom. The maximum atomic E-state index is 2.51. The van der Waals surface area contributed by atoms with E-state index in [-0.39, 0.29) is 0 Å². The van der Waals surface area contributed by atoms with E-state index in [0.717, 1.165) is 112 Å². The second-order valence-corrected chi connectivity index (χ2v) is 20.2. The SMILES string of the molecule is c1ccc(-n2c(N(c3ccc4ccc5c(N(c6cc7ccccc7n6-c6ccccc6)c6cc7ccccc7n6-c6ccccc6)ccc6ccc3c4c65)c3cc4ccccc4n3-c3ccccc3)cc3ccccc32)cc1. The summed E-state index contributed by atoms with van der Waals surface area (Å²) in [6.45, 7) is 0. The number of benzene rings is 12. The minimum absolute atomic E-state index is 1.03. The summed E-state index contributed by atoms with van der Waals surface area (Å²) in [7, 11) is 0. The van der Waals surface area contributed by atoms with Gasteiger partial charge >= 0.3 is 0 Å². The van der Waals surface area contributed by atoms with Crippen LogP contribution >= 0.6 is 0 Å². The van der Waals surface area contributed by atoms with Crippen molar-refractivity contribution < 1.29 is 0 Å². The van der Waals surface area contributed by atoms with Gasteiger partial charge in [-0.1, -0.05) is 182 Å². The molecule has 0 saturated carbocycles. The minimum Gasteiger partial charge on any atom is -0.295 e. The predicted octanol–water partition coefficient (Wildman–Crippen LogP) is 19.3. The van der Waals surface area contributed by atoms with Crippen LogP contribution in [0.2, 0.25) is 0 Å². The molecule has 12 aromatic carbocycles. The van der Waals surface area contributed by atoms with Crippen LogP contribution in [0.3, 0.4) is 0 Å². The monoisotopic (exact) mass is 996 g/mol. The first-order valence-electron chi connectivity index (χ1n) is 26.7. The molecule has 0 aliphatic rings. The highest BCUT2D eigenvalue weighted by Crippen LogP contribution is 2.51. The average Bonchev–Trinajstić information content (AvgIpc) is 4.22. The van der Waals surface area contributed by atoms with Gasteiger partial charge in [0.25, 0.3) is 0 Å². The second kappa shape index (κ2) is 17.5. The van der Waals surface area contributed by atoms with Gasteiger partial charge in [-0.2, -0.15) is 0 Å². The van der Waals surface area contributed by atoms with Crippen LogP contribution in [0.1, 0.15) is 0 Å². The Morgan fingerprint density at radius 2 is 0.449 bits per heavy atom. The Kier molecular flexibility index (Phi) is 9.84. The van der Waals surface area contributed by atoms with Gasteiger partial charge < -0.3 is 0 Å². The average molecular weight is 997 g/mol. The lowest BCUT2D eigenvalue weighted by Crippen LogP contribution is -2.18. The van der Waals surface area contributed by atoms with E-state index in [4.69, 9.17) is 0 Å². The van der Waals surface area contributed by atoms with Crippen molar-refractivity contribution >= 4 is 111 Å². The summed E-state index contributed by atoms with van der Waals surface area (Å²) < 4.78 is 9.70. The summed E-state index contributed by atoms with van der Waals surface area (Å²) in [6.07, 6.45) is 0. The third-order valence-electron chi connectivity index (χ3n) is 15.8. The van der Waals surface area contributed by atoms with Gasteiger partial charge in [0.15, 0.2) is 0 Å². The van der Waals surface area contributed by atoms with Gasteiger partial charge in [0.2, 0.25) is 0 Å². The zero-order chi connectivity index (χ0) is 51.3. The first-order valence-corrected chi connectivity index (χ1v) is 26.7. The summed E-state index contributed by atoms with van der Waals surface area (Å²) in [5, 5.41) is 11.7. The molecule has 0 aliphatic carbocycles. The van der Waals surface area contributed by atoms with Crippen molar-refractivity contribution in [1.29, 1.82) is 0 Å². The van der Waals surface area contributed by atoms with Gasteiger partial charge in [0.1, 0.15) is 23.3 Å². The van der Waals surface area contributed by atoms with E-state index in [2.05, 4.69) is 319 Å². The number of rotatable bonds is 10. The second-order valence-electron chi connectivity index (χ2n) is 20.2. The first-order chi connectivity index (χ1) is 38.7. The maximum Gasteiger partial charge on any atom is 0.124 e. The molecule has 78 heavy (non-hydrogen) atoms. The molecule has 4 aromatic heterocycles. The summed E-state index contributed by atoms with van der Waals surface area (Å²) in [6, 6.07) is 106. The number of nitrogens with zero attached hydrogens (tertiary/aromatic N) is 6. The number of hydrogen-bond acceptors (Lipinski definition) is 2. The molecular weight excluding hydrogens is 949 g/mol. The zero-order valence-electron chi connectivity index (χ0n) is 42.4. The van der Waals surface area contributed by atoms with E-state index in [9.17, 15) is 0 Å². The Bertz CT molecular complexity index is 4360. The molecule has 16 rings (SSSR count). The Balaban J connectivity index is 1.02. The lowest BCUT2D eigenvalue weighted by molar-refractivity contribution is 1.02. The van der Waals surface area contributed by atoms with Crippen molar-refractivity contribution in [3.05, 3.63) is 291 Å². The molecule has 0 bridgehead atoms. The van der Waals surface area contributed by atoms with Crippen LogP contribution in [0.4, 0.5) is 34.6 Å². The molecule has 0 unspecified atom stereocenters. The van der Waals surface area contributed by atoms with E-state index in [0.29, 0.717) is 0 Å². The fraction of sp³-hybridized carbons (Fsp3) is 0. The van der Waals surface area contributed by atoms with E-state index in [1.807, 2.05) is 0 Å². The van der Waals surface area contributed by atoms with E-state index in [1.165, 1.54) is 21.5 Å². The molecule has 0 saturated heterocycles. The van der Waals surface area contributed by atoms with Crippen molar-refractivity contribution in [2.75, 3.05) is 9.80 Å². The van der Waals surface area contributed by atoms with Crippen LogP contribution < -0.4 is 9.80 Å². The van der Waals surface area contributed by atoms with E-state index >= 15 is 0 Å². The third kappa shape index (κ3) is 6.70. The topological polar surface area (TPSA) is 26.2 Å². The number of anilines is 6. The van der Waals surface area contributed by atoms with Crippen molar-refractivity contribution in [3.8, 4) is 22.7 Å². The highest BCUT2D eigenvalue weighted by molar-refractivity contribution is 6.28. The number of fused-ring (bicyclic) bond motifs is 4. The van der Waals surface area contributed by atoms with E-state index < -0.39 is 0 Å².